The Kier molecular flexibility index (Phi) is 6.49. The standard InChI is InChI=1S/C27H26N2O2S/c1-3-8-22(9-4-1)30-24-14-13-21(20-25(24)31-23-10-5-2-6-11-23)27(26-12-7-19-32-26)29-17-15-28-16-18-29/h1-14,19-20,27-28H,15-18H2/t27-/m1/s1. The molecule has 1 aliphatic heterocycles. The second-order valence-electron chi connectivity index (χ2n) is 7.74. The fourth-order valence-electron chi connectivity index (χ4n) is 4.03. The van der Waals surface area contributed by atoms with Crippen molar-refractivity contribution in [3.8, 4) is 23.0 Å². The van der Waals surface area contributed by atoms with Crippen LogP contribution in [0.3, 0.4) is 0 Å². The lowest BCUT2D eigenvalue weighted by Gasteiger charge is -2.35. The van der Waals surface area contributed by atoms with Crippen LogP contribution in [-0.2, 0) is 0 Å². The van der Waals surface area contributed by atoms with Gasteiger partial charge in [-0.25, -0.2) is 0 Å². The van der Waals surface area contributed by atoms with Crippen molar-refractivity contribution in [3.05, 3.63) is 107 Å². The lowest BCUT2D eigenvalue weighted by atomic mass is 10.0. The quantitative estimate of drug-likeness (QED) is 0.363. The smallest absolute Gasteiger partial charge is 0.170 e. The molecule has 5 rings (SSSR count). The number of nitrogens with one attached hydrogen (secondary N) is 1. The van der Waals surface area contributed by atoms with Gasteiger partial charge >= 0.3 is 0 Å². The number of thiophene rings is 1. The van der Waals surface area contributed by atoms with E-state index in [1.54, 1.807) is 11.3 Å². The van der Waals surface area contributed by atoms with Gasteiger partial charge < -0.3 is 14.8 Å². The summed E-state index contributed by atoms with van der Waals surface area (Å²) in [7, 11) is 0. The highest BCUT2D eigenvalue weighted by molar-refractivity contribution is 7.10. The molecule has 4 nitrogen and oxygen atoms in total. The average Bonchev–Trinajstić information content (AvgIpc) is 3.37. The molecule has 162 valence electrons. The Morgan fingerprint density at radius 2 is 1.38 bits per heavy atom. The molecule has 1 atom stereocenters. The number of benzene rings is 3. The van der Waals surface area contributed by atoms with E-state index >= 15 is 0 Å². The zero-order valence-corrected chi connectivity index (χ0v) is 18.6. The van der Waals surface area contributed by atoms with E-state index in [1.807, 2.05) is 66.7 Å². The summed E-state index contributed by atoms with van der Waals surface area (Å²) in [5.74, 6) is 3.00. The molecule has 1 aromatic heterocycles. The van der Waals surface area contributed by atoms with E-state index in [0.29, 0.717) is 11.5 Å². The zero-order chi connectivity index (χ0) is 21.6. The van der Waals surface area contributed by atoms with E-state index in [1.165, 1.54) is 10.4 Å². The van der Waals surface area contributed by atoms with Crippen LogP contribution in [-0.4, -0.2) is 31.1 Å². The zero-order valence-electron chi connectivity index (χ0n) is 17.8. The van der Waals surface area contributed by atoms with Crippen molar-refractivity contribution in [2.75, 3.05) is 26.2 Å². The maximum absolute atomic E-state index is 6.32. The van der Waals surface area contributed by atoms with E-state index in [-0.39, 0.29) is 6.04 Å². The molecule has 0 aliphatic carbocycles. The largest absolute Gasteiger partial charge is 0.453 e. The number of rotatable bonds is 7. The van der Waals surface area contributed by atoms with Crippen LogP contribution in [0.1, 0.15) is 16.5 Å². The van der Waals surface area contributed by atoms with Crippen LogP contribution in [0, 0.1) is 0 Å². The van der Waals surface area contributed by atoms with Crippen LogP contribution in [0.2, 0.25) is 0 Å². The van der Waals surface area contributed by atoms with Gasteiger partial charge in [-0.05, 0) is 53.4 Å². The van der Waals surface area contributed by atoms with Gasteiger partial charge in [-0.15, -0.1) is 11.3 Å². The molecule has 0 bridgehead atoms. The Morgan fingerprint density at radius 1 is 0.719 bits per heavy atom. The summed E-state index contributed by atoms with van der Waals surface area (Å²) in [6.45, 7) is 4.04. The maximum Gasteiger partial charge on any atom is 0.170 e. The molecule has 1 aliphatic rings. The highest BCUT2D eigenvalue weighted by Gasteiger charge is 2.26. The van der Waals surface area contributed by atoms with E-state index in [4.69, 9.17) is 9.47 Å². The fourth-order valence-corrected chi connectivity index (χ4v) is 4.92. The van der Waals surface area contributed by atoms with Crippen molar-refractivity contribution in [2.24, 2.45) is 0 Å². The third kappa shape index (κ3) is 4.86. The van der Waals surface area contributed by atoms with E-state index in [0.717, 1.165) is 37.7 Å². The molecule has 0 unspecified atom stereocenters. The number of para-hydroxylation sites is 2. The summed E-state index contributed by atoms with van der Waals surface area (Å²) < 4.78 is 12.5. The molecule has 3 aromatic carbocycles. The topological polar surface area (TPSA) is 33.7 Å². The monoisotopic (exact) mass is 442 g/mol. The molecule has 5 heteroatoms. The molecule has 1 saturated heterocycles. The van der Waals surface area contributed by atoms with E-state index in [2.05, 4.69) is 39.9 Å². The third-order valence-electron chi connectivity index (χ3n) is 5.55. The van der Waals surface area contributed by atoms with Gasteiger partial charge in [0.2, 0.25) is 0 Å². The first-order valence-electron chi connectivity index (χ1n) is 10.9. The Balaban J connectivity index is 1.53. The summed E-state index contributed by atoms with van der Waals surface area (Å²) in [6, 6.07) is 30.6. The van der Waals surface area contributed by atoms with Crippen molar-refractivity contribution >= 4 is 11.3 Å². The minimum atomic E-state index is 0.195. The van der Waals surface area contributed by atoms with Crippen molar-refractivity contribution in [3.63, 3.8) is 0 Å². The maximum atomic E-state index is 6.32. The van der Waals surface area contributed by atoms with Gasteiger partial charge in [0, 0.05) is 31.1 Å². The second-order valence-corrected chi connectivity index (χ2v) is 8.72. The third-order valence-corrected chi connectivity index (χ3v) is 6.48. The molecule has 0 radical (unpaired) electrons. The second kappa shape index (κ2) is 10.0. The molecule has 0 spiro atoms. The summed E-state index contributed by atoms with van der Waals surface area (Å²) in [6.07, 6.45) is 0. The van der Waals surface area contributed by atoms with Crippen LogP contribution < -0.4 is 14.8 Å². The molecular formula is C27H26N2O2S. The van der Waals surface area contributed by atoms with Crippen LogP contribution in [0.25, 0.3) is 0 Å². The van der Waals surface area contributed by atoms with Gasteiger partial charge in [0.1, 0.15) is 11.5 Å². The number of hydrogen-bond acceptors (Lipinski definition) is 5. The normalized spacial score (nSPS) is 15.2. The fraction of sp³-hybridized carbons (Fsp3) is 0.185. The lowest BCUT2D eigenvalue weighted by molar-refractivity contribution is 0.200. The van der Waals surface area contributed by atoms with Crippen LogP contribution in [0.15, 0.2) is 96.4 Å². The van der Waals surface area contributed by atoms with Crippen molar-refractivity contribution in [2.45, 2.75) is 6.04 Å². The number of ether oxygens (including phenoxy) is 2. The van der Waals surface area contributed by atoms with Gasteiger partial charge in [-0.1, -0.05) is 48.5 Å². The Labute approximate surface area is 193 Å². The van der Waals surface area contributed by atoms with Crippen molar-refractivity contribution in [1.29, 1.82) is 0 Å². The Hall–Kier alpha value is -3.12. The number of hydrogen-bond donors (Lipinski definition) is 1. The highest BCUT2D eigenvalue weighted by Crippen LogP contribution is 2.40. The Morgan fingerprint density at radius 3 is 2.00 bits per heavy atom. The van der Waals surface area contributed by atoms with Gasteiger partial charge in [0.25, 0.3) is 0 Å². The molecule has 1 fully saturated rings. The highest BCUT2D eigenvalue weighted by atomic mass is 32.1. The predicted molar refractivity (Wildman–Crippen MR) is 130 cm³/mol. The summed E-state index contributed by atoms with van der Waals surface area (Å²) in [4.78, 5) is 3.89. The molecule has 1 N–H and O–H groups in total. The van der Waals surface area contributed by atoms with Gasteiger partial charge in [-0.3, -0.25) is 4.90 Å². The minimum Gasteiger partial charge on any atom is -0.453 e. The number of nitrogens with zero attached hydrogens (tertiary/aromatic N) is 1. The van der Waals surface area contributed by atoms with Gasteiger partial charge in [0.05, 0.1) is 6.04 Å². The lowest BCUT2D eigenvalue weighted by Crippen LogP contribution is -2.45. The van der Waals surface area contributed by atoms with Crippen LogP contribution >= 0.6 is 11.3 Å². The van der Waals surface area contributed by atoms with Crippen molar-refractivity contribution in [1.82, 2.24) is 10.2 Å². The van der Waals surface area contributed by atoms with Gasteiger partial charge in [-0.2, -0.15) is 0 Å². The van der Waals surface area contributed by atoms with Crippen LogP contribution in [0.4, 0.5) is 0 Å². The van der Waals surface area contributed by atoms with Gasteiger partial charge in [0.15, 0.2) is 11.5 Å². The summed E-state index contributed by atoms with van der Waals surface area (Å²) >= 11 is 1.80. The summed E-state index contributed by atoms with van der Waals surface area (Å²) in [5, 5.41) is 5.62. The first-order valence-corrected chi connectivity index (χ1v) is 11.8. The SMILES string of the molecule is c1ccc(Oc2ccc([C@H](c3cccs3)N3CCNCC3)cc2Oc2ccccc2)cc1. The average molecular weight is 443 g/mol. The van der Waals surface area contributed by atoms with E-state index in [9.17, 15) is 0 Å². The van der Waals surface area contributed by atoms with E-state index < -0.39 is 0 Å². The Bertz CT molecular complexity index is 1110. The van der Waals surface area contributed by atoms with Crippen LogP contribution in [0.5, 0.6) is 23.0 Å². The van der Waals surface area contributed by atoms with Crippen molar-refractivity contribution < 1.29 is 9.47 Å². The molecule has 0 saturated carbocycles. The first-order chi connectivity index (χ1) is 15.9. The number of piperazine rings is 1. The predicted octanol–water partition coefficient (Wildman–Crippen LogP) is 6.33. The summed E-state index contributed by atoms with van der Waals surface area (Å²) in [5.41, 5.74) is 1.21. The molecule has 32 heavy (non-hydrogen) atoms. The molecule has 2 heterocycles. The molecular weight excluding hydrogens is 416 g/mol. The molecule has 4 aromatic rings. The molecule has 0 amide bonds. The minimum absolute atomic E-state index is 0.195. The first kappa shape index (κ1) is 20.8.